The molecule has 1 N–H and O–H groups in total. The lowest BCUT2D eigenvalue weighted by molar-refractivity contribution is -0.120. The minimum absolute atomic E-state index is 0.224. The maximum absolute atomic E-state index is 13.1. The standard InChI is InChI=1S/C22H25FN2O3/c1-22(2,3)28-21(27)25-14-4-5-19(25)20(26)24-18-12-8-16(9-13-18)15-6-10-17(23)11-7-15/h6-13,19H,4-5,14H2,1-3H3,(H,24,26)/t19-/m0/s1. The van der Waals surface area contributed by atoms with E-state index in [9.17, 15) is 14.0 Å². The molecule has 6 heteroatoms. The summed E-state index contributed by atoms with van der Waals surface area (Å²) >= 11 is 0. The average molecular weight is 384 g/mol. The van der Waals surface area contributed by atoms with E-state index in [1.807, 2.05) is 12.1 Å². The molecule has 0 radical (unpaired) electrons. The van der Waals surface area contributed by atoms with Gasteiger partial charge in [0.15, 0.2) is 0 Å². The number of amides is 2. The first kappa shape index (κ1) is 19.9. The maximum Gasteiger partial charge on any atom is 0.410 e. The van der Waals surface area contributed by atoms with Gasteiger partial charge in [0.25, 0.3) is 0 Å². The van der Waals surface area contributed by atoms with Crippen LogP contribution in [0.25, 0.3) is 11.1 Å². The first-order valence-corrected chi connectivity index (χ1v) is 9.39. The highest BCUT2D eigenvalue weighted by Crippen LogP contribution is 2.24. The van der Waals surface area contributed by atoms with Crippen LogP contribution in [0.15, 0.2) is 48.5 Å². The Morgan fingerprint density at radius 1 is 1.04 bits per heavy atom. The third-order valence-electron chi connectivity index (χ3n) is 4.51. The number of rotatable bonds is 3. The molecule has 0 spiro atoms. The van der Waals surface area contributed by atoms with E-state index < -0.39 is 17.7 Å². The van der Waals surface area contributed by atoms with Crippen molar-refractivity contribution in [3.05, 3.63) is 54.3 Å². The van der Waals surface area contributed by atoms with Gasteiger partial charge in [0, 0.05) is 12.2 Å². The molecular formula is C22H25FN2O3. The molecular weight excluding hydrogens is 359 g/mol. The highest BCUT2D eigenvalue weighted by atomic mass is 19.1. The molecule has 0 saturated carbocycles. The number of carbonyl (C=O) groups is 2. The van der Waals surface area contributed by atoms with Crippen LogP contribution < -0.4 is 5.32 Å². The van der Waals surface area contributed by atoms with Gasteiger partial charge in [0.2, 0.25) is 5.91 Å². The van der Waals surface area contributed by atoms with Crippen LogP contribution in [0.4, 0.5) is 14.9 Å². The van der Waals surface area contributed by atoms with Gasteiger partial charge in [0.05, 0.1) is 0 Å². The Hall–Kier alpha value is -2.89. The van der Waals surface area contributed by atoms with Crippen LogP contribution in [-0.2, 0) is 9.53 Å². The molecule has 1 aliphatic rings. The number of carbonyl (C=O) groups excluding carboxylic acids is 2. The van der Waals surface area contributed by atoms with Crippen LogP contribution in [0.1, 0.15) is 33.6 Å². The van der Waals surface area contributed by atoms with Crippen molar-refractivity contribution >= 4 is 17.7 Å². The molecule has 5 nitrogen and oxygen atoms in total. The topological polar surface area (TPSA) is 58.6 Å². The second kappa shape index (κ2) is 8.00. The number of benzene rings is 2. The Morgan fingerprint density at radius 2 is 1.61 bits per heavy atom. The molecule has 148 valence electrons. The summed E-state index contributed by atoms with van der Waals surface area (Å²) in [6, 6.07) is 13.0. The molecule has 2 aromatic carbocycles. The summed E-state index contributed by atoms with van der Waals surface area (Å²) in [6.07, 6.45) is 0.913. The van der Waals surface area contributed by atoms with E-state index in [0.29, 0.717) is 18.7 Å². The van der Waals surface area contributed by atoms with Gasteiger partial charge in [-0.2, -0.15) is 0 Å². The maximum atomic E-state index is 13.1. The summed E-state index contributed by atoms with van der Waals surface area (Å²) in [5.74, 6) is -0.503. The van der Waals surface area contributed by atoms with Crippen LogP contribution in [0.3, 0.4) is 0 Å². The number of hydrogen-bond acceptors (Lipinski definition) is 3. The third-order valence-corrected chi connectivity index (χ3v) is 4.51. The van der Waals surface area contributed by atoms with Crippen LogP contribution in [-0.4, -0.2) is 35.1 Å². The highest BCUT2D eigenvalue weighted by Gasteiger charge is 2.36. The van der Waals surface area contributed by atoms with E-state index in [1.165, 1.54) is 17.0 Å². The van der Waals surface area contributed by atoms with E-state index in [4.69, 9.17) is 4.74 Å². The van der Waals surface area contributed by atoms with E-state index in [1.54, 1.807) is 45.0 Å². The van der Waals surface area contributed by atoms with Crippen LogP contribution in [0.5, 0.6) is 0 Å². The summed E-state index contributed by atoms with van der Waals surface area (Å²) < 4.78 is 18.5. The predicted octanol–water partition coefficient (Wildman–Crippen LogP) is 4.83. The first-order valence-electron chi connectivity index (χ1n) is 9.39. The third kappa shape index (κ3) is 4.88. The van der Waals surface area contributed by atoms with E-state index in [0.717, 1.165) is 17.5 Å². The average Bonchev–Trinajstić information content (AvgIpc) is 3.12. The van der Waals surface area contributed by atoms with Crippen molar-refractivity contribution in [1.82, 2.24) is 4.90 Å². The molecule has 28 heavy (non-hydrogen) atoms. The Balaban J connectivity index is 1.65. The summed E-state index contributed by atoms with van der Waals surface area (Å²) in [5.41, 5.74) is 1.86. The molecule has 1 saturated heterocycles. The van der Waals surface area contributed by atoms with Crippen molar-refractivity contribution in [3.63, 3.8) is 0 Å². The van der Waals surface area contributed by atoms with Crippen molar-refractivity contribution in [2.24, 2.45) is 0 Å². The zero-order valence-corrected chi connectivity index (χ0v) is 16.4. The summed E-state index contributed by atoms with van der Waals surface area (Å²) in [5, 5.41) is 2.87. The second-order valence-corrected chi connectivity index (χ2v) is 7.91. The monoisotopic (exact) mass is 384 g/mol. The lowest BCUT2D eigenvalue weighted by Gasteiger charge is -2.28. The van der Waals surface area contributed by atoms with Gasteiger partial charge in [-0.05, 0) is 69.0 Å². The number of anilines is 1. The molecule has 2 aromatic rings. The number of ether oxygens (including phenoxy) is 1. The number of halogens is 1. The van der Waals surface area contributed by atoms with Crippen LogP contribution in [0.2, 0.25) is 0 Å². The van der Waals surface area contributed by atoms with Crippen molar-refractivity contribution in [3.8, 4) is 11.1 Å². The fourth-order valence-corrected chi connectivity index (χ4v) is 3.19. The largest absolute Gasteiger partial charge is 0.444 e. The van der Waals surface area contributed by atoms with Gasteiger partial charge in [-0.15, -0.1) is 0 Å². The second-order valence-electron chi connectivity index (χ2n) is 7.91. The predicted molar refractivity (Wildman–Crippen MR) is 106 cm³/mol. The molecule has 1 aliphatic heterocycles. The molecule has 0 unspecified atom stereocenters. The molecule has 3 rings (SSSR count). The van der Waals surface area contributed by atoms with Gasteiger partial charge < -0.3 is 10.1 Å². The lowest BCUT2D eigenvalue weighted by atomic mass is 10.1. The zero-order valence-electron chi connectivity index (χ0n) is 16.4. The molecule has 0 aromatic heterocycles. The van der Waals surface area contributed by atoms with Crippen molar-refractivity contribution in [1.29, 1.82) is 0 Å². The van der Waals surface area contributed by atoms with Gasteiger partial charge in [-0.25, -0.2) is 9.18 Å². The fourth-order valence-electron chi connectivity index (χ4n) is 3.19. The zero-order chi connectivity index (χ0) is 20.3. The highest BCUT2D eigenvalue weighted by molar-refractivity contribution is 5.97. The van der Waals surface area contributed by atoms with Crippen LogP contribution in [0, 0.1) is 5.82 Å². The van der Waals surface area contributed by atoms with Crippen molar-refractivity contribution in [2.75, 3.05) is 11.9 Å². The molecule has 0 bridgehead atoms. The van der Waals surface area contributed by atoms with E-state index in [2.05, 4.69) is 5.32 Å². The Bertz CT molecular complexity index is 842. The van der Waals surface area contributed by atoms with Crippen molar-refractivity contribution in [2.45, 2.75) is 45.3 Å². The first-order chi connectivity index (χ1) is 13.2. The SMILES string of the molecule is CC(C)(C)OC(=O)N1CCC[C@H]1C(=O)Nc1ccc(-c2ccc(F)cc2)cc1. The number of nitrogens with zero attached hydrogens (tertiary/aromatic N) is 1. The Morgan fingerprint density at radius 3 is 2.18 bits per heavy atom. The number of hydrogen-bond donors (Lipinski definition) is 1. The molecule has 1 heterocycles. The van der Waals surface area contributed by atoms with Crippen molar-refractivity contribution < 1.29 is 18.7 Å². The Kier molecular flexibility index (Phi) is 5.68. The minimum Gasteiger partial charge on any atom is -0.444 e. The minimum atomic E-state index is -0.600. The smallest absolute Gasteiger partial charge is 0.410 e. The molecule has 1 fully saturated rings. The van der Waals surface area contributed by atoms with Gasteiger partial charge >= 0.3 is 6.09 Å². The van der Waals surface area contributed by atoms with E-state index >= 15 is 0 Å². The summed E-state index contributed by atoms with van der Waals surface area (Å²) in [4.78, 5) is 26.5. The van der Waals surface area contributed by atoms with Gasteiger partial charge in [0.1, 0.15) is 17.5 Å². The van der Waals surface area contributed by atoms with Gasteiger partial charge in [-0.3, -0.25) is 9.69 Å². The lowest BCUT2D eigenvalue weighted by Crippen LogP contribution is -2.45. The summed E-state index contributed by atoms with van der Waals surface area (Å²) in [6.45, 7) is 5.92. The normalized spacial score (nSPS) is 16.7. The number of nitrogens with one attached hydrogen (secondary N) is 1. The summed E-state index contributed by atoms with van der Waals surface area (Å²) in [7, 11) is 0. The fraction of sp³-hybridized carbons (Fsp3) is 0.364. The molecule has 2 amide bonds. The van der Waals surface area contributed by atoms with Crippen LogP contribution >= 0.6 is 0 Å². The molecule has 1 atom stereocenters. The Labute approximate surface area is 164 Å². The van der Waals surface area contributed by atoms with E-state index in [-0.39, 0.29) is 11.7 Å². The quantitative estimate of drug-likeness (QED) is 0.824. The van der Waals surface area contributed by atoms with Gasteiger partial charge in [-0.1, -0.05) is 24.3 Å². The molecule has 0 aliphatic carbocycles. The number of likely N-dealkylation sites (tertiary alicyclic amines) is 1.